The number of nitrogens with one attached hydrogen (secondary N) is 1. The van der Waals surface area contributed by atoms with Crippen LogP contribution in [0.25, 0.3) is 0 Å². The Labute approximate surface area is 128 Å². The largest absolute Gasteiger partial charge is 0.317 e. The monoisotopic (exact) mass is 306 g/mol. The van der Waals surface area contributed by atoms with Crippen LogP contribution in [0.2, 0.25) is 0 Å². The highest BCUT2D eigenvalue weighted by Gasteiger charge is 2.21. The number of hydrogen-bond acceptors (Lipinski definition) is 4. The van der Waals surface area contributed by atoms with Crippen molar-refractivity contribution in [2.45, 2.75) is 29.7 Å². The van der Waals surface area contributed by atoms with Crippen molar-refractivity contribution in [1.29, 1.82) is 0 Å². The number of rotatable bonds is 4. The summed E-state index contributed by atoms with van der Waals surface area (Å²) >= 11 is 1.64. The van der Waals surface area contributed by atoms with E-state index >= 15 is 0 Å². The van der Waals surface area contributed by atoms with Gasteiger partial charge in [-0.15, -0.1) is 10.2 Å². The predicted octanol–water partition coefficient (Wildman–Crippen LogP) is 2.71. The summed E-state index contributed by atoms with van der Waals surface area (Å²) in [6.45, 7) is 2.10. The third-order valence-corrected chi connectivity index (χ3v) is 4.95. The fourth-order valence-electron chi connectivity index (χ4n) is 2.62. The normalized spacial score (nSPS) is 16.3. The Morgan fingerprint density at radius 3 is 2.67 bits per heavy atom. The van der Waals surface area contributed by atoms with Gasteiger partial charge in [0.1, 0.15) is 11.6 Å². The quantitative estimate of drug-likeness (QED) is 0.882. The first-order valence-electron chi connectivity index (χ1n) is 7.21. The smallest absolute Gasteiger partial charge is 0.191 e. The molecule has 6 heteroatoms. The van der Waals surface area contributed by atoms with Gasteiger partial charge >= 0.3 is 0 Å². The maximum atomic E-state index is 12.9. The first-order chi connectivity index (χ1) is 10.2. The molecule has 21 heavy (non-hydrogen) atoms. The van der Waals surface area contributed by atoms with Crippen LogP contribution >= 0.6 is 11.8 Å². The zero-order chi connectivity index (χ0) is 14.7. The van der Waals surface area contributed by atoms with Gasteiger partial charge in [0.25, 0.3) is 0 Å². The van der Waals surface area contributed by atoms with Crippen LogP contribution in [-0.2, 0) is 12.8 Å². The molecular formula is C15H19FN4S. The van der Waals surface area contributed by atoms with Crippen molar-refractivity contribution in [3.05, 3.63) is 41.5 Å². The maximum absolute atomic E-state index is 12.9. The van der Waals surface area contributed by atoms with Gasteiger partial charge < -0.3 is 9.88 Å². The lowest BCUT2D eigenvalue weighted by Gasteiger charge is -2.21. The zero-order valence-corrected chi connectivity index (χ0v) is 12.9. The average Bonchev–Trinajstić information content (AvgIpc) is 2.89. The van der Waals surface area contributed by atoms with Crippen molar-refractivity contribution < 1.29 is 4.39 Å². The molecular weight excluding hydrogens is 287 g/mol. The molecule has 0 spiro atoms. The lowest BCUT2D eigenvalue weighted by molar-refractivity contribution is 0.434. The molecule has 0 amide bonds. The third kappa shape index (κ3) is 3.44. The molecule has 1 N–H and O–H groups in total. The van der Waals surface area contributed by atoms with Crippen molar-refractivity contribution in [2.75, 3.05) is 13.1 Å². The van der Waals surface area contributed by atoms with Gasteiger partial charge in [0.05, 0.1) is 0 Å². The van der Waals surface area contributed by atoms with Crippen molar-refractivity contribution in [3.63, 3.8) is 0 Å². The summed E-state index contributed by atoms with van der Waals surface area (Å²) < 4.78 is 15.0. The highest BCUT2D eigenvalue weighted by atomic mass is 32.2. The number of nitrogens with zero attached hydrogens (tertiary/aromatic N) is 3. The van der Waals surface area contributed by atoms with Gasteiger partial charge in [-0.3, -0.25) is 0 Å². The van der Waals surface area contributed by atoms with Crippen LogP contribution in [-0.4, -0.2) is 27.9 Å². The van der Waals surface area contributed by atoms with Gasteiger partial charge in [-0.25, -0.2) is 4.39 Å². The molecule has 0 radical (unpaired) electrons. The van der Waals surface area contributed by atoms with Crippen molar-refractivity contribution in [1.82, 2.24) is 20.1 Å². The van der Waals surface area contributed by atoms with Crippen LogP contribution in [0.1, 0.15) is 30.1 Å². The first kappa shape index (κ1) is 14.5. The van der Waals surface area contributed by atoms with Gasteiger partial charge in [0.15, 0.2) is 5.16 Å². The van der Waals surface area contributed by atoms with Crippen molar-refractivity contribution in [2.24, 2.45) is 7.05 Å². The molecule has 0 saturated carbocycles. The van der Waals surface area contributed by atoms with Crippen molar-refractivity contribution in [3.8, 4) is 0 Å². The molecule has 2 aromatic rings. The van der Waals surface area contributed by atoms with E-state index in [4.69, 9.17) is 0 Å². The Morgan fingerprint density at radius 1 is 1.24 bits per heavy atom. The molecule has 1 aliphatic rings. The van der Waals surface area contributed by atoms with E-state index in [1.165, 1.54) is 12.1 Å². The number of halogens is 1. The third-order valence-electron chi connectivity index (χ3n) is 3.85. The number of benzene rings is 1. The molecule has 1 aromatic heterocycles. The molecule has 1 aliphatic heterocycles. The summed E-state index contributed by atoms with van der Waals surface area (Å²) in [5.74, 6) is 2.16. The number of thioether (sulfide) groups is 1. The summed E-state index contributed by atoms with van der Waals surface area (Å²) in [5, 5.41) is 13.0. The van der Waals surface area contributed by atoms with Crippen LogP contribution in [0.4, 0.5) is 4.39 Å². The summed E-state index contributed by atoms with van der Waals surface area (Å²) in [4.78, 5) is 0. The molecule has 2 heterocycles. The topological polar surface area (TPSA) is 42.7 Å². The van der Waals surface area contributed by atoms with E-state index in [0.717, 1.165) is 48.2 Å². The summed E-state index contributed by atoms with van der Waals surface area (Å²) in [6, 6.07) is 6.61. The van der Waals surface area contributed by atoms with Crippen LogP contribution in [0, 0.1) is 5.82 Å². The van der Waals surface area contributed by atoms with Gasteiger partial charge in [0, 0.05) is 18.7 Å². The molecule has 4 nitrogen and oxygen atoms in total. The molecule has 3 rings (SSSR count). The van der Waals surface area contributed by atoms with Gasteiger partial charge in [-0.1, -0.05) is 23.9 Å². The lowest BCUT2D eigenvalue weighted by atomic mass is 9.97. The Bertz CT molecular complexity index is 590. The molecule has 1 fully saturated rings. The zero-order valence-electron chi connectivity index (χ0n) is 12.1. The maximum Gasteiger partial charge on any atom is 0.191 e. The molecule has 1 aromatic carbocycles. The van der Waals surface area contributed by atoms with Crippen LogP contribution in [0.5, 0.6) is 0 Å². The van der Waals surface area contributed by atoms with Gasteiger partial charge in [-0.2, -0.15) is 0 Å². The summed E-state index contributed by atoms with van der Waals surface area (Å²) in [5.41, 5.74) is 1.09. The van der Waals surface area contributed by atoms with E-state index in [1.807, 2.05) is 19.2 Å². The van der Waals surface area contributed by atoms with Gasteiger partial charge in [-0.05, 0) is 43.6 Å². The number of hydrogen-bond donors (Lipinski definition) is 1. The second-order valence-corrected chi connectivity index (χ2v) is 6.28. The van der Waals surface area contributed by atoms with E-state index in [1.54, 1.807) is 11.8 Å². The highest BCUT2D eigenvalue weighted by Crippen LogP contribution is 2.27. The Balaban J connectivity index is 1.66. The lowest BCUT2D eigenvalue weighted by Crippen LogP contribution is -2.27. The van der Waals surface area contributed by atoms with Crippen molar-refractivity contribution >= 4 is 11.8 Å². The Kier molecular flexibility index (Phi) is 4.55. The fraction of sp³-hybridized carbons (Fsp3) is 0.467. The van der Waals surface area contributed by atoms with Crippen LogP contribution in [0.3, 0.4) is 0 Å². The minimum atomic E-state index is -0.199. The summed E-state index contributed by atoms with van der Waals surface area (Å²) in [6.07, 6.45) is 2.24. The van der Waals surface area contributed by atoms with Gasteiger partial charge in [0.2, 0.25) is 0 Å². The first-order valence-corrected chi connectivity index (χ1v) is 8.20. The van der Waals surface area contributed by atoms with E-state index in [0.29, 0.717) is 5.92 Å². The van der Waals surface area contributed by atoms with E-state index in [2.05, 4.69) is 20.1 Å². The molecule has 112 valence electrons. The SMILES string of the molecule is Cn1c(SCc2ccc(F)cc2)nnc1C1CCNCC1. The molecule has 0 aliphatic carbocycles. The molecule has 1 saturated heterocycles. The number of piperidine rings is 1. The fourth-order valence-corrected chi connectivity index (χ4v) is 3.49. The Morgan fingerprint density at radius 2 is 1.95 bits per heavy atom. The Hall–Kier alpha value is -1.40. The predicted molar refractivity (Wildman–Crippen MR) is 81.8 cm³/mol. The second kappa shape index (κ2) is 6.58. The average molecular weight is 306 g/mol. The molecule has 0 unspecified atom stereocenters. The van der Waals surface area contributed by atoms with Crippen LogP contribution < -0.4 is 5.32 Å². The minimum absolute atomic E-state index is 0.199. The molecule has 0 atom stereocenters. The highest BCUT2D eigenvalue weighted by molar-refractivity contribution is 7.98. The standard InChI is InChI=1S/C15H19FN4S/c1-20-14(12-6-8-17-9-7-12)18-19-15(20)21-10-11-2-4-13(16)5-3-11/h2-5,12,17H,6-10H2,1H3. The minimum Gasteiger partial charge on any atom is -0.317 e. The second-order valence-electron chi connectivity index (χ2n) is 5.34. The summed E-state index contributed by atoms with van der Waals surface area (Å²) in [7, 11) is 2.03. The van der Waals surface area contributed by atoms with E-state index < -0.39 is 0 Å². The van der Waals surface area contributed by atoms with E-state index in [-0.39, 0.29) is 5.82 Å². The number of aromatic nitrogens is 3. The van der Waals surface area contributed by atoms with Crippen LogP contribution in [0.15, 0.2) is 29.4 Å². The molecule has 0 bridgehead atoms. The van der Waals surface area contributed by atoms with E-state index in [9.17, 15) is 4.39 Å².